The van der Waals surface area contributed by atoms with Gasteiger partial charge in [-0.05, 0) is 37.8 Å². The van der Waals surface area contributed by atoms with Crippen LogP contribution >= 0.6 is 0 Å². The number of ether oxygens (including phenoxy) is 1. The number of hydrogen-bond donors (Lipinski definition) is 2. The highest BCUT2D eigenvalue weighted by atomic mass is 19.1. The number of anilines is 2. The summed E-state index contributed by atoms with van der Waals surface area (Å²) in [5.74, 6) is 0.0369. The van der Waals surface area contributed by atoms with E-state index < -0.39 is 5.82 Å². The van der Waals surface area contributed by atoms with Gasteiger partial charge in [-0.2, -0.15) is 0 Å². The molecule has 2 N–H and O–H groups in total. The Kier molecular flexibility index (Phi) is 6.36. The quantitative estimate of drug-likeness (QED) is 0.749. The number of hydrogen-bond acceptors (Lipinski definition) is 7. The predicted octanol–water partition coefficient (Wildman–Crippen LogP) is 1.90. The third-order valence-electron chi connectivity index (χ3n) is 5.49. The van der Waals surface area contributed by atoms with Crippen LogP contribution in [0.4, 0.5) is 16.2 Å². The SMILES string of the molecule is CC(=O)N[C@H]1CC[C@H](Nc2ncc(F)c(-c3ccnc(N4CCOCC4=O)c3)n2)CC1. The van der Waals surface area contributed by atoms with E-state index in [1.807, 2.05) is 0 Å². The Morgan fingerprint density at radius 2 is 2.00 bits per heavy atom. The van der Waals surface area contributed by atoms with E-state index in [2.05, 4.69) is 25.6 Å². The van der Waals surface area contributed by atoms with Crippen LogP contribution in [-0.2, 0) is 14.3 Å². The normalized spacial score (nSPS) is 21.6. The lowest BCUT2D eigenvalue weighted by molar-refractivity contribution is -0.125. The first-order valence-corrected chi connectivity index (χ1v) is 10.4. The van der Waals surface area contributed by atoms with Crippen molar-refractivity contribution < 1.29 is 18.7 Å². The molecule has 0 radical (unpaired) electrons. The first-order chi connectivity index (χ1) is 15.0. The van der Waals surface area contributed by atoms with Crippen molar-refractivity contribution in [1.29, 1.82) is 0 Å². The van der Waals surface area contributed by atoms with Gasteiger partial charge in [0.25, 0.3) is 5.91 Å². The second-order valence-corrected chi connectivity index (χ2v) is 7.78. The second-order valence-electron chi connectivity index (χ2n) is 7.78. The lowest BCUT2D eigenvalue weighted by atomic mass is 9.91. The molecular weight excluding hydrogens is 403 g/mol. The molecule has 1 aliphatic carbocycles. The molecule has 4 rings (SSSR count). The summed E-state index contributed by atoms with van der Waals surface area (Å²) in [7, 11) is 0. The first kappa shape index (κ1) is 21.1. The fourth-order valence-electron chi connectivity index (χ4n) is 3.96. The van der Waals surface area contributed by atoms with E-state index in [0.717, 1.165) is 31.9 Å². The van der Waals surface area contributed by atoms with Gasteiger partial charge in [-0.3, -0.25) is 14.5 Å². The standard InChI is InChI=1S/C21H25FN6O3/c1-13(29)25-15-2-4-16(5-3-15)26-21-24-11-17(22)20(27-21)14-6-7-23-18(10-14)28-8-9-31-12-19(28)30/h6-7,10-11,15-16H,2-5,8-9,12H2,1H3,(H,25,29)(H,24,26,27)/t15-,16-. The number of morpholine rings is 1. The van der Waals surface area contributed by atoms with Gasteiger partial charge in [0.05, 0.1) is 19.3 Å². The number of amides is 2. The van der Waals surface area contributed by atoms with Gasteiger partial charge < -0.3 is 15.4 Å². The van der Waals surface area contributed by atoms with Crippen molar-refractivity contribution >= 4 is 23.6 Å². The largest absolute Gasteiger partial charge is 0.370 e. The summed E-state index contributed by atoms with van der Waals surface area (Å²) in [5.41, 5.74) is 0.662. The highest BCUT2D eigenvalue weighted by Crippen LogP contribution is 2.26. The number of nitrogens with one attached hydrogen (secondary N) is 2. The molecule has 2 aromatic rings. The average molecular weight is 428 g/mol. The zero-order valence-electron chi connectivity index (χ0n) is 17.3. The molecule has 10 heteroatoms. The summed E-state index contributed by atoms with van der Waals surface area (Å²) in [5, 5.41) is 6.23. The van der Waals surface area contributed by atoms with Gasteiger partial charge in [0.1, 0.15) is 18.1 Å². The minimum Gasteiger partial charge on any atom is -0.370 e. The Balaban J connectivity index is 1.48. The Labute approximate surface area is 179 Å². The van der Waals surface area contributed by atoms with E-state index in [0.29, 0.717) is 30.5 Å². The maximum absolute atomic E-state index is 14.5. The number of pyridine rings is 1. The average Bonchev–Trinajstić information content (AvgIpc) is 2.76. The minimum atomic E-state index is -0.551. The molecule has 2 aromatic heterocycles. The summed E-state index contributed by atoms with van der Waals surface area (Å²) in [6, 6.07) is 3.65. The van der Waals surface area contributed by atoms with Crippen LogP contribution in [0.15, 0.2) is 24.5 Å². The summed E-state index contributed by atoms with van der Waals surface area (Å²) >= 11 is 0. The van der Waals surface area contributed by atoms with Crippen molar-refractivity contribution in [3.8, 4) is 11.3 Å². The highest BCUT2D eigenvalue weighted by Gasteiger charge is 2.24. The van der Waals surface area contributed by atoms with Gasteiger partial charge in [0, 0.05) is 30.8 Å². The van der Waals surface area contributed by atoms with Crippen molar-refractivity contribution in [2.75, 3.05) is 30.0 Å². The monoisotopic (exact) mass is 428 g/mol. The molecule has 1 aliphatic heterocycles. The van der Waals surface area contributed by atoms with Crippen molar-refractivity contribution in [1.82, 2.24) is 20.3 Å². The first-order valence-electron chi connectivity index (χ1n) is 10.4. The van der Waals surface area contributed by atoms with Crippen molar-refractivity contribution in [2.24, 2.45) is 0 Å². The maximum Gasteiger partial charge on any atom is 0.254 e. The molecular formula is C21H25FN6O3. The van der Waals surface area contributed by atoms with Crippen LogP contribution in [0.1, 0.15) is 32.6 Å². The van der Waals surface area contributed by atoms with Gasteiger partial charge in [-0.25, -0.2) is 19.3 Å². The fourth-order valence-corrected chi connectivity index (χ4v) is 3.96. The topological polar surface area (TPSA) is 109 Å². The third-order valence-corrected chi connectivity index (χ3v) is 5.49. The van der Waals surface area contributed by atoms with Crippen molar-refractivity contribution in [2.45, 2.75) is 44.7 Å². The molecule has 0 atom stereocenters. The molecule has 0 unspecified atom stereocenters. The van der Waals surface area contributed by atoms with Crippen LogP contribution in [0.3, 0.4) is 0 Å². The molecule has 2 amide bonds. The highest BCUT2D eigenvalue weighted by molar-refractivity contribution is 5.94. The summed E-state index contributed by atoms with van der Waals surface area (Å²) in [4.78, 5) is 37.6. The Morgan fingerprint density at radius 3 is 2.74 bits per heavy atom. The van der Waals surface area contributed by atoms with Crippen molar-refractivity contribution in [3.05, 3.63) is 30.3 Å². The van der Waals surface area contributed by atoms with Crippen LogP contribution in [0.25, 0.3) is 11.3 Å². The number of aromatic nitrogens is 3. The van der Waals surface area contributed by atoms with Gasteiger partial charge in [-0.1, -0.05) is 0 Å². The Morgan fingerprint density at radius 1 is 1.23 bits per heavy atom. The lowest BCUT2D eigenvalue weighted by Crippen LogP contribution is -2.42. The zero-order valence-corrected chi connectivity index (χ0v) is 17.3. The number of carbonyl (C=O) groups excluding carboxylic acids is 2. The van der Waals surface area contributed by atoms with Gasteiger partial charge >= 0.3 is 0 Å². The molecule has 3 heterocycles. The molecule has 1 saturated carbocycles. The summed E-state index contributed by atoms with van der Waals surface area (Å²) < 4.78 is 19.7. The number of nitrogens with zero attached hydrogens (tertiary/aromatic N) is 4. The number of carbonyl (C=O) groups is 2. The van der Waals surface area contributed by atoms with E-state index in [1.54, 1.807) is 12.1 Å². The molecule has 0 aromatic carbocycles. The summed E-state index contributed by atoms with van der Waals surface area (Å²) in [6.07, 6.45) is 6.14. The predicted molar refractivity (Wildman–Crippen MR) is 112 cm³/mol. The van der Waals surface area contributed by atoms with Crippen LogP contribution in [-0.4, -0.2) is 58.6 Å². The van der Waals surface area contributed by atoms with E-state index in [9.17, 15) is 14.0 Å². The van der Waals surface area contributed by atoms with Crippen LogP contribution in [0.5, 0.6) is 0 Å². The number of rotatable bonds is 5. The Bertz CT molecular complexity index is 964. The fraction of sp³-hybridized carbons (Fsp3) is 0.476. The molecule has 31 heavy (non-hydrogen) atoms. The maximum atomic E-state index is 14.5. The van der Waals surface area contributed by atoms with Crippen LogP contribution < -0.4 is 15.5 Å². The molecule has 2 fully saturated rings. The minimum absolute atomic E-state index is 0.00598. The number of halogens is 1. The molecule has 0 bridgehead atoms. The van der Waals surface area contributed by atoms with E-state index in [1.165, 1.54) is 18.0 Å². The zero-order chi connectivity index (χ0) is 21.8. The molecule has 1 saturated heterocycles. The van der Waals surface area contributed by atoms with Gasteiger partial charge in [0.2, 0.25) is 11.9 Å². The molecule has 0 spiro atoms. The third kappa shape index (κ3) is 5.13. The second kappa shape index (κ2) is 9.34. The van der Waals surface area contributed by atoms with Crippen LogP contribution in [0.2, 0.25) is 0 Å². The molecule has 2 aliphatic rings. The van der Waals surface area contributed by atoms with E-state index in [4.69, 9.17) is 4.74 Å². The molecule has 9 nitrogen and oxygen atoms in total. The van der Waals surface area contributed by atoms with E-state index in [-0.39, 0.29) is 36.2 Å². The van der Waals surface area contributed by atoms with Crippen molar-refractivity contribution in [3.63, 3.8) is 0 Å². The molecule has 164 valence electrons. The van der Waals surface area contributed by atoms with Crippen LogP contribution in [0, 0.1) is 5.82 Å². The smallest absolute Gasteiger partial charge is 0.254 e. The Hall–Kier alpha value is -3.14. The summed E-state index contributed by atoms with van der Waals surface area (Å²) in [6.45, 7) is 2.36. The van der Waals surface area contributed by atoms with E-state index >= 15 is 0 Å². The lowest BCUT2D eigenvalue weighted by Gasteiger charge is -2.29. The van der Waals surface area contributed by atoms with Gasteiger partial charge in [0.15, 0.2) is 5.82 Å². The van der Waals surface area contributed by atoms with Gasteiger partial charge in [-0.15, -0.1) is 0 Å².